The third-order valence-electron chi connectivity index (χ3n) is 7.05. The van der Waals surface area contributed by atoms with Crippen molar-refractivity contribution in [3.8, 4) is 5.75 Å². The average molecular weight is 483 g/mol. The first-order valence-electron chi connectivity index (χ1n) is 11.8. The second-order valence-corrected chi connectivity index (χ2v) is 9.23. The zero-order valence-electron chi connectivity index (χ0n) is 20.7. The van der Waals surface area contributed by atoms with E-state index in [1.807, 2.05) is 18.5 Å². The zero-order chi connectivity index (χ0) is 24.9. The molecule has 0 radical (unpaired) electrons. The Morgan fingerprint density at radius 1 is 1.17 bits per heavy atom. The molecule has 2 N–H and O–H groups in total. The number of methoxy groups -OCH3 is 2. The molecule has 4 aromatic rings. The number of hydrogen-bond acceptors (Lipinski definition) is 8. The van der Waals surface area contributed by atoms with E-state index in [1.54, 1.807) is 7.11 Å². The highest BCUT2D eigenvalue weighted by atomic mass is 19.1. The smallest absolute Gasteiger partial charge is 0.223 e. The Balaban J connectivity index is 1.48. The van der Waals surface area contributed by atoms with Crippen molar-refractivity contribution in [2.45, 2.75) is 51.7 Å². The molecule has 0 amide bonds. The second kappa shape index (κ2) is 8.95. The summed E-state index contributed by atoms with van der Waals surface area (Å²) in [5.41, 5.74) is 9.22. The summed E-state index contributed by atoms with van der Waals surface area (Å²) >= 11 is 0. The molecule has 0 aliphatic carbocycles. The van der Waals surface area contributed by atoms with Crippen molar-refractivity contribution in [1.82, 2.24) is 29.4 Å². The van der Waals surface area contributed by atoms with Crippen LogP contribution in [0, 0.1) is 12.7 Å². The Morgan fingerprint density at radius 3 is 2.71 bits per heavy atom. The van der Waals surface area contributed by atoms with Gasteiger partial charge in [-0.3, -0.25) is 4.68 Å². The Bertz CT molecular complexity index is 1380. The van der Waals surface area contributed by atoms with Gasteiger partial charge in [-0.2, -0.15) is 9.61 Å². The number of nitrogens with two attached hydrogens (primary N) is 1. The van der Waals surface area contributed by atoms with E-state index in [1.165, 1.54) is 23.8 Å². The molecule has 35 heavy (non-hydrogen) atoms. The molecule has 5 rings (SSSR count). The third kappa shape index (κ3) is 4.03. The molecule has 1 aliphatic heterocycles. The lowest BCUT2D eigenvalue weighted by Gasteiger charge is -2.32. The molecule has 2 unspecified atom stereocenters. The quantitative estimate of drug-likeness (QED) is 0.445. The number of piperidine rings is 1. The number of nitrogen functional groups attached to an aromatic ring is 1. The lowest BCUT2D eigenvalue weighted by atomic mass is 9.97. The summed E-state index contributed by atoms with van der Waals surface area (Å²) in [6, 6.07) is 2.80. The Hall–Kier alpha value is -3.47. The fourth-order valence-corrected chi connectivity index (χ4v) is 4.82. The Kier molecular flexibility index (Phi) is 5.96. The lowest BCUT2D eigenvalue weighted by molar-refractivity contribution is 0.0732. The highest BCUT2D eigenvalue weighted by molar-refractivity contribution is 5.95. The van der Waals surface area contributed by atoms with Crippen LogP contribution in [-0.2, 0) is 4.74 Å². The first-order valence-corrected chi connectivity index (χ1v) is 11.8. The predicted octanol–water partition coefficient (Wildman–Crippen LogP) is 3.49. The maximum Gasteiger partial charge on any atom is 0.223 e. The average Bonchev–Trinajstić information content (AvgIpc) is 3.48. The van der Waals surface area contributed by atoms with Gasteiger partial charge in [-0.25, -0.2) is 14.4 Å². The number of aromatic nitrogens is 6. The van der Waals surface area contributed by atoms with E-state index in [0.29, 0.717) is 28.1 Å². The van der Waals surface area contributed by atoms with Gasteiger partial charge in [-0.05, 0) is 39.7 Å². The number of anilines is 2. The van der Waals surface area contributed by atoms with Crippen molar-refractivity contribution in [2.24, 2.45) is 0 Å². The highest BCUT2D eigenvalue weighted by Crippen LogP contribution is 2.33. The molecule has 1 aromatic carbocycles. The van der Waals surface area contributed by atoms with Crippen LogP contribution >= 0.6 is 0 Å². The molecule has 3 atom stereocenters. The van der Waals surface area contributed by atoms with Gasteiger partial charge in [0, 0.05) is 38.4 Å². The molecule has 11 heteroatoms. The van der Waals surface area contributed by atoms with Gasteiger partial charge in [-0.15, -0.1) is 5.10 Å². The number of ether oxygens (including phenoxy) is 2. The molecule has 0 saturated carbocycles. The summed E-state index contributed by atoms with van der Waals surface area (Å²) in [7, 11) is 3.19. The molecular formula is C24H31FN8O2. The Morgan fingerprint density at radius 2 is 1.97 bits per heavy atom. The van der Waals surface area contributed by atoms with Crippen LogP contribution in [0.4, 0.5) is 16.0 Å². The summed E-state index contributed by atoms with van der Waals surface area (Å²) in [4.78, 5) is 11.5. The number of benzene rings is 1. The monoisotopic (exact) mass is 482 g/mol. The van der Waals surface area contributed by atoms with Crippen LogP contribution in [0.1, 0.15) is 50.2 Å². The number of rotatable bonds is 6. The summed E-state index contributed by atoms with van der Waals surface area (Å²) < 4.78 is 28.5. The molecule has 186 valence electrons. The van der Waals surface area contributed by atoms with Crippen molar-refractivity contribution >= 4 is 28.2 Å². The first-order chi connectivity index (χ1) is 16.8. The molecule has 3 aromatic heterocycles. The lowest BCUT2D eigenvalue weighted by Crippen LogP contribution is -2.35. The van der Waals surface area contributed by atoms with Crippen molar-refractivity contribution in [3.63, 3.8) is 0 Å². The van der Waals surface area contributed by atoms with Gasteiger partial charge in [0.15, 0.2) is 11.5 Å². The van der Waals surface area contributed by atoms with Gasteiger partial charge >= 0.3 is 0 Å². The van der Waals surface area contributed by atoms with E-state index >= 15 is 0 Å². The number of nitrogens with zero attached hydrogens (tertiary/aromatic N) is 7. The van der Waals surface area contributed by atoms with Gasteiger partial charge in [-0.1, -0.05) is 0 Å². The maximum atomic E-state index is 14.3. The van der Waals surface area contributed by atoms with Crippen molar-refractivity contribution in [1.29, 1.82) is 0 Å². The summed E-state index contributed by atoms with van der Waals surface area (Å²) in [6.45, 7) is 7.85. The summed E-state index contributed by atoms with van der Waals surface area (Å²) in [5.74, 6) is 0.826. The zero-order valence-corrected chi connectivity index (χ0v) is 20.7. The number of hydrogen-bond donors (Lipinski definition) is 1. The van der Waals surface area contributed by atoms with Gasteiger partial charge in [0.05, 0.1) is 36.0 Å². The van der Waals surface area contributed by atoms with Gasteiger partial charge in [0.25, 0.3) is 0 Å². The standard InChI is InChI=1S/C24H31FN8O2/c1-13-19(12-32(29-13)14(2)15(3)34-4)31-8-6-7-16(11-31)22-28-23-18-9-17(25)10-20(35-5)21(18)27-24(26)33(23)30-22/h9-10,12,14-16H,6-8,11H2,1-5H3,(H2,26,27)/t14?,15?,16-/m1/s1. The topological polar surface area (TPSA) is 109 Å². The molecule has 1 aliphatic rings. The van der Waals surface area contributed by atoms with Crippen LogP contribution in [-0.4, -0.2) is 62.8 Å². The molecular weight excluding hydrogens is 451 g/mol. The van der Waals surface area contributed by atoms with Crippen LogP contribution in [0.15, 0.2) is 18.3 Å². The van der Waals surface area contributed by atoms with Crippen LogP contribution < -0.4 is 15.4 Å². The van der Waals surface area contributed by atoms with Crippen LogP contribution in [0.5, 0.6) is 5.75 Å². The minimum atomic E-state index is -0.430. The van der Waals surface area contributed by atoms with Crippen LogP contribution in [0.25, 0.3) is 16.6 Å². The Labute approximate surface area is 202 Å². The van der Waals surface area contributed by atoms with Crippen molar-refractivity contribution in [2.75, 3.05) is 37.9 Å². The molecule has 10 nitrogen and oxygen atoms in total. The van der Waals surface area contributed by atoms with E-state index < -0.39 is 5.82 Å². The van der Waals surface area contributed by atoms with E-state index in [9.17, 15) is 4.39 Å². The molecule has 0 bridgehead atoms. The van der Waals surface area contributed by atoms with Crippen molar-refractivity contribution < 1.29 is 13.9 Å². The normalized spacial score (nSPS) is 18.3. The number of aryl methyl sites for hydroxylation is 1. The molecule has 1 saturated heterocycles. The second-order valence-electron chi connectivity index (χ2n) is 9.23. The van der Waals surface area contributed by atoms with Gasteiger partial charge in [0.2, 0.25) is 5.95 Å². The number of fused-ring (bicyclic) bond motifs is 3. The van der Waals surface area contributed by atoms with E-state index in [4.69, 9.17) is 25.3 Å². The van der Waals surface area contributed by atoms with Gasteiger partial charge in [0.1, 0.15) is 17.1 Å². The fraction of sp³-hybridized carbons (Fsp3) is 0.500. The molecule has 1 fully saturated rings. The highest BCUT2D eigenvalue weighted by Gasteiger charge is 2.28. The molecule has 0 spiro atoms. The largest absolute Gasteiger partial charge is 0.494 e. The minimum absolute atomic E-state index is 0.0516. The SMILES string of the molecule is COc1cc(F)cc2c1nc(N)n1nc([C@@H]3CCCN(c4cn(C(C)C(C)OC)nc4C)C3)nc21. The molecule has 4 heterocycles. The summed E-state index contributed by atoms with van der Waals surface area (Å²) in [6.07, 6.45) is 4.09. The van der Waals surface area contributed by atoms with E-state index in [2.05, 4.69) is 28.1 Å². The third-order valence-corrected chi connectivity index (χ3v) is 7.05. The van der Waals surface area contributed by atoms with E-state index in [0.717, 1.165) is 37.3 Å². The predicted molar refractivity (Wildman–Crippen MR) is 132 cm³/mol. The minimum Gasteiger partial charge on any atom is -0.494 e. The van der Waals surface area contributed by atoms with Gasteiger partial charge < -0.3 is 20.1 Å². The fourth-order valence-electron chi connectivity index (χ4n) is 4.82. The van der Waals surface area contributed by atoms with Crippen LogP contribution in [0.2, 0.25) is 0 Å². The summed E-state index contributed by atoms with van der Waals surface area (Å²) in [5, 5.41) is 9.94. The van der Waals surface area contributed by atoms with Crippen LogP contribution in [0.3, 0.4) is 0 Å². The van der Waals surface area contributed by atoms with Crippen molar-refractivity contribution in [3.05, 3.63) is 35.7 Å². The number of halogens is 1. The van der Waals surface area contributed by atoms with E-state index in [-0.39, 0.29) is 24.0 Å². The first kappa shape index (κ1) is 23.3. The maximum absolute atomic E-state index is 14.3.